The van der Waals surface area contributed by atoms with Gasteiger partial charge in [-0.05, 0) is 31.9 Å². The molecule has 0 amide bonds. The van der Waals surface area contributed by atoms with Crippen LogP contribution in [0.5, 0.6) is 5.75 Å². The predicted molar refractivity (Wildman–Crippen MR) is 101 cm³/mol. The van der Waals surface area contributed by atoms with Crippen LogP contribution in [0, 0.1) is 12.3 Å². The Morgan fingerprint density at radius 1 is 1.32 bits per heavy atom. The molecule has 0 aliphatic carbocycles. The van der Waals surface area contributed by atoms with Gasteiger partial charge < -0.3 is 26.2 Å². The number of nitrogen functional groups attached to an aromatic ring is 1. The molecule has 0 spiro atoms. The van der Waals surface area contributed by atoms with Crippen molar-refractivity contribution in [3.05, 3.63) is 35.3 Å². The third-order valence-electron chi connectivity index (χ3n) is 4.19. The number of aromatic amines is 1. The summed E-state index contributed by atoms with van der Waals surface area (Å²) in [5, 5.41) is 11.8. The van der Waals surface area contributed by atoms with Crippen molar-refractivity contribution >= 4 is 34.4 Å². The molecule has 0 bridgehead atoms. The number of nitrogens with one attached hydrogen (secondary N) is 3. The fourth-order valence-corrected chi connectivity index (χ4v) is 2.91. The Hall–Kier alpha value is -3.09. The number of nitrogens with zero attached hydrogens (tertiary/aromatic N) is 2. The average molecular weight is 338 g/mol. The topological polar surface area (TPSA) is 113 Å². The van der Waals surface area contributed by atoms with Crippen LogP contribution in [-0.4, -0.2) is 27.8 Å². The van der Waals surface area contributed by atoms with E-state index in [1.807, 2.05) is 6.92 Å². The number of rotatable bonds is 6. The maximum absolute atomic E-state index is 7.52. The second-order valence-electron chi connectivity index (χ2n) is 5.71. The van der Waals surface area contributed by atoms with Crippen LogP contribution in [0.3, 0.4) is 0 Å². The third-order valence-corrected chi connectivity index (χ3v) is 4.19. The van der Waals surface area contributed by atoms with Crippen LogP contribution in [0.1, 0.15) is 30.7 Å². The minimum atomic E-state index is 0.503. The van der Waals surface area contributed by atoms with E-state index in [0.29, 0.717) is 35.1 Å². The Balaban J connectivity index is 2.12. The molecule has 0 fully saturated rings. The van der Waals surface area contributed by atoms with Crippen LogP contribution in [0.2, 0.25) is 0 Å². The van der Waals surface area contributed by atoms with Gasteiger partial charge in [0.25, 0.3) is 0 Å². The average Bonchev–Trinajstić information content (AvgIpc) is 2.94. The molecule has 25 heavy (non-hydrogen) atoms. The fraction of sp³-hybridized carbons (Fsp3) is 0.278. The summed E-state index contributed by atoms with van der Waals surface area (Å²) in [5.41, 5.74) is 10.9. The molecular weight excluding hydrogens is 316 g/mol. The highest BCUT2D eigenvalue weighted by atomic mass is 16.5. The molecule has 130 valence electrons. The van der Waals surface area contributed by atoms with Gasteiger partial charge in [-0.3, -0.25) is 0 Å². The first kappa shape index (κ1) is 16.8. The van der Waals surface area contributed by atoms with Crippen molar-refractivity contribution in [3.63, 3.8) is 0 Å². The largest absolute Gasteiger partial charge is 0.492 e. The smallest absolute Gasteiger partial charge is 0.144 e. The van der Waals surface area contributed by atoms with E-state index in [1.54, 1.807) is 12.1 Å². The van der Waals surface area contributed by atoms with E-state index < -0.39 is 0 Å². The lowest BCUT2D eigenvalue weighted by atomic mass is 10.1. The first-order valence-electron chi connectivity index (χ1n) is 8.24. The minimum absolute atomic E-state index is 0.503. The molecule has 0 radical (unpaired) electrons. The Kier molecular flexibility index (Phi) is 4.56. The molecule has 0 aliphatic heterocycles. The Morgan fingerprint density at radius 3 is 2.80 bits per heavy atom. The normalized spacial score (nSPS) is 10.8. The lowest BCUT2D eigenvalue weighted by Crippen LogP contribution is -2.03. The molecule has 3 rings (SSSR count). The van der Waals surface area contributed by atoms with Crippen LogP contribution >= 0.6 is 0 Å². The van der Waals surface area contributed by atoms with E-state index in [-0.39, 0.29) is 0 Å². The highest BCUT2D eigenvalue weighted by molar-refractivity contribution is 5.95. The molecule has 2 aromatic heterocycles. The van der Waals surface area contributed by atoms with Crippen molar-refractivity contribution in [2.24, 2.45) is 0 Å². The van der Waals surface area contributed by atoms with Gasteiger partial charge in [-0.25, -0.2) is 9.97 Å². The second kappa shape index (κ2) is 6.80. The number of benzene rings is 1. The van der Waals surface area contributed by atoms with Crippen LogP contribution in [0.25, 0.3) is 11.0 Å². The number of H-pyrrole nitrogens is 1. The number of ether oxygens (including phenoxy) is 1. The second-order valence-corrected chi connectivity index (χ2v) is 5.71. The highest BCUT2D eigenvalue weighted by Crippen LogP contribution is 2.34. The van der Waals surface area contributed by atoms with E-state index in [0.717, 1.165) is 28.7 Å². The zero-order valence-corrected chi connectivity index (χ0v) is 14.6. The van der Waals surface area contributed by atoms with Crippen molar-refractivity contribution in [1.29, 1.82) is 5.41 Å². The number of anilines is 3. The lowest BCUT2D eigenvalue weighted by Gasteiger charge is -2.15. The van der Waals surface area contributed by atoms with Gasteiger partial charge in [0, 0.05) is 29.2 Å². The van der Waals surface area contributed by atoms with E-state index in [9.17, 15) is 0 Å². The molecule has 0 atom stereocenters. The first-order valence-corrected chi connectivity index (χ1v) is 8.24. The van der Waals surface area contributed by atoms with E-state index in [2.05, 4.69) is 34.1 Å². The van der Waals surface area contributed by atoms with Crippen LogP contribution in [0.4, 0.5) is 17.2 Å². The van der Waals surface area contributed by atoms with E-state index in [4.69, 9.17) is 15.9 Å². The fourth-order valence-electron chi connectivity index (χ4n) is 2.91. The first-order chi connectivity index (χ1) is 12.1. The molecule has 3 aromatic rings. The molecule has 5 N–H and O–H groups in total. The number of aryl methyl sites for hydroxylation is 2. The highest BCUT2D eigenvalue weighted by Gasteiger charge is 2.15. The van der Waals surface area contributed by atoms with Gasteiger partial charge in [0.2, 0.25) is 0 Å². The van der Waals surface area contributed by atoms with Gasteiger partial charge in [-0.1, -0.05) is 6.92 Å². The molecule has 7 nitrogen and oxygen atoms in total. The summed E-state index contributed by atoms with van der Waals surface area (Å²) >= 11 is 0. The summed E-state index contributed by atoms with van der Waals surface area (Å²) < 4.78 is 5.69. The lowest BCUT2D eigenvalue weighted by molar-refractivity contribution is 0.342. The SMILES string of the molecule is CCOc1cc(N)c(C=N)cc1Nc1ncnc2[nH]c(CC)c(C)c12. The Bertz CT molecular complexity index is 931. The number of aromatic nitrogens is 3. The molecule has 0 unspecified atom stereocenters. The summed E-state index contributed by atoms with van der Waals surface area (Å²) in [5.74, 6) is 1.32. The quantitative estimate of drug-likeness (QED) is 0.405. The number of fused-ring (bicyclic) bond motifs is 1. The Labute approximate surface area is 146 Å². The maximum Gasteiger partial charge on any atom is 0.144 e. The summed E-state index contributed by atoms with van der Waals surface area (Å²) in [7, 11) is 0. The minimum Gasteiger partial charge on any atom is -0.492 e. The molecular formula is C18H22N6O. The standard InChI is InChI=1S/C18H22N6O/c1-4-13-10(3)16-17(23-13)21-9-22-18(16)24-14-6-11(8-19)12(20)7-15(14)25-5-2/h6-9,19H,4-5,20H2,1-3H3,(H2,21,22,23,24). The molecule has 0 saturated carbocycles. The zero-order valence-electron chi connectivity index (χ0n) is 14.6. The maximum atomic E-state index is 7.52. The summed E-state index contributed by atoms with van der Waals surface area (Å²) in [4.78, 5) is 12.1. The predicted octanol–water partition coefficient (Wildman–Crippen LogP) is 3.55. The zero-order chi connectivity index (χ0) is 18.0. The number of hydrogen-bond acceptors (Lipinski definition) is 6. The van der Waals surface area contributed by atoms with Crippen molar-refractivity contribution in [3.8, 4) is 5.75 Å². The van der Waals surface area contributed by atoms with Gasteiger partial charge in [-0.15, -0.1) is 0 Å². The van der Waals surface area contributed by atoms with E-state index in [1.165, 1.54) is 12.5 Å². The van der Waals surface area contributed by atoms with Crippen LogP contribution in [0.15, 0.2) is 18.5 Å². The molecule has 7 heteroatoms. The van der Waals surface area contributed by atoms with Gasteiger partial charge in [0.1, 0.15) is 23.5 Å². The third kappa shape index (κ3) is 3.00. The number of nitrogens with two attached hydrogens (primary N) is 1. The summed E-state index contributed by atoms with van der Waals surface area (Å²) in [6.45, 7) is 6.58. The van der Waals surface area contributed by atoms with Crippen molar-refractivity contribution in [2.45, 2.75) is 27.2 Å². The van der Waals surface area contributed by atoms with Crippen LogP contribution in [-0.2, 0) is 6.42 Å². The van der Waals surface area contributed by atoms with Gasteiger partial charge in [0.05, 0.1) is 17.7 Å². The van der Waals surface area contributed by atoms with Crippen molar-refractivity contribution in [1.82, 2.24) is 15.0 Å². The molecule has 1 aromatic carbocycles. The molecule has 0 saturated heterocycles. The van der Waals surface area contributed by atoms with Gasteiger partial charge in [0.15, 0.2) is 0 Å². The van der Waals surface area contributed by atoms with Crippen molar-refractivity contribution in [2.75, 3.05) is 17.7 Å². The van der Waals surface area contributed by atoms with Crippen molar-refractivity contribution < 1.29 is 4.74 Å². The summed E-state index contributed by atoms with van der Waals surface area (Å²) in [6.07, 6.45) is 3.64. The van der Waals surface area contributed by atoms with Gasteiger partial charge >= 0.3 is 0 Å². The van der Waals surface area contributed by atoms with Crippen LogP contribution < -0.4 is 15.8 Å². The monoisotopic (exact) mass is 338 g/mol. The van der Waals surface area contributed by atoms with E-state index >= 15 is 0 Å². The summed E-state index contributed by atoms with van der Waals surface area (Å²) in [6, 6.07) is 3.52. The Morgan fingerprint density at radius 2 is 2.12 bits per heavy atom. The molecule has 2 heterocycles. The molecule has 0 aliphatic rings. The number of hydrogen-bond donors (Lipinski definition) is 4. The van der Waals surface area contributed by atoms with Gasteiger partial charge in [-0.2, -0.15) is 0 Å².